The van der Waals surface area contributed by atoms with Crippen LogP contribution in [0.15, 0.2) is 30.3 Å². The molecular weight excluding hydrogens is 398 g/mol. The Hall–Kier alpha value is -2.09. The van der Waals surface area contributed by atoms with E-state index in [9.17, 15) is 9.59 Å². The summed E-state index contributed by atoms with van der Waals surface area (Å²) < 4.78 is 5.79. The van der Waals surface area contributed by atoms with Gasteiger partial charge in [-0.15, -0.1) is 0 Å². The SMILES string of the molecule is CN1CCc2ccc(C(=O)N3CCC(NC(=O)Oc4ccc(Cl)s4)C3)cc2C1. The first kappa shape index (κ1) is 19.2. The van der Waals surface area contributed by atoms with Gasteiger partial charge < -0.3 is 19.9 Å². The molecule has 2 amide bonds. The van der Waals surface area contributed by atoms with Crippen molar-refractivity contribution in [1.82, 2.24) is 15.1 Å². The molecule has 6 nitrogen and oxygen atoms in total. The number of carbonyl (C=O) groups is 2. The van der Waals surface area contributed by atoms with Crippen LogP contribution in [0.2, 0.25) is 4.34 Å². The lowest BCUT2D eigenvalue weighted by Crippen LogP contribution is -2.39. The minimum absolute atomic E-state index is 0.0127. The maximum absolute atomic E-state index is 12.9. The molecule has 3 heterocycles. The van der Waals surface area contributed by atoms with Crippen LogP contribution in [0.25, 0.3) is 0 Å². The second kappa shape index (κ2) is 8.11. The Labute approximate surface area is 173 Å². The molecule has 0 bridgehead atoms. The Morgan fingerprint density at radius 1 is 1.21 bits per heavy atom. The number of fused-ring (bicyclic) bond motifs is 1. The summed E-state index contributed by atoms with van der Waals surface area (Å²) in [6.45, 7) is 3.02. The van der Waals surface area contributed by atoms with Gasteiger partial charge in [0.05, 0.1) is 10.4 Å². The number of hydrogen-bond acceptors (Lipinski definition) is 5. The molecule has 28 heavy (non-hydrogen) atoms. The molecule has 0 radical (unpaired) electrons. The first-order valence-electron chi connectivity index (χ1n) is 9.31. The molecule has 1 atom stereocenters. The number of ether oxygens (including phenoxy) is 1. The van der Waals surface area contributed by atoms with Gasteiger partial charge in [0.1, 0.15) is 0 Å². The second-order valence-corrected chi connectivity index (χ2v) is 8.98. The summed E-state index contributed by atoms with van der Waals surface area (Å²) in [5, 5.41) is 3.28. The molecule has 1 N–H and O–H groups in total. The third kappa shape index (κ3) is 4.32. The van der Waals surface area contributed by atoms with E-state index in [1.54, 1.807) is 17.0 Å². The van der Waals surface area contributed by atoms with E-state index in [1.807, 2.05) is 12.1 Å². The van der Waals surface area contributed by atoms with Crippen LogP contribution in [0.5, 0.6) is 5.06 Å². The van der Waals surface area contributed by atoms with Gasteiger partial charge in [-0.25, -0.2) is 4.79 Å². The van der Waals surface area contributed by atoms with Crippen molar-refractivity contribution in [1.29, 1.82) is 0 Å². The molecule has 1 aromatic heterocycles. The Kier molecular flexibility index (Phi) is 5.57. The van der Waals surface area contributed by atoms with Crippen LogP contribution in [0.4, 0.5) is 4.79 Å². The van der Waals surface area contributed by atoms with Gasteiger partial charge in [-0.3, -0.25) is 4.79 Å². The van der Waals surface area contributed by atoms with Crippen molar-refractivity contribution in [2.24, 2.45) is 0 Å². The van der Waals surface area contributed by atoms with E-state index >= 15 is 0 Å². The number of nitrogens with one attached hydrogen (secondary N) is 1. The molecule has 0 spiro atoms. The predicted molar refractivity (Wildman–Crippen MR) is 109 cm³/mol. The number of hydrogen-bond donors (Lipinski definition) is 1. The number of carbonyl (C=O) groups excluding carboxylic acids is 2. The highest BCUT2D eigenvalue weighted by atomic mass is 35.5. The topological polar surface area (TPSA) is 61.9 Å². The highest BCUT2D eigenvalue weighted by Gasteiger charge is 2.29. The molecule has 1 unspecified atom stereocenters. The lowest BCUT2D eigenvalue weighted by Gasteiger charge is -2.26. The van der Waals surface area contributed by atoms with Crippen molar-refractivity contribution in [3.63, 3.8) is 0 Å². The van der Waals surface area contributed by atoms with Crippen LogP contribution in [0.3, 0.4) is 0 Å². The van der Waals surface area contributed by atoms with Gasteiger partial charge in [-0.1, -0.05) is 29.0 Å². The molecule has 2 aromatic rings. The van der Waals surface area contributed by atoms with Gasteiger partial charge >= 0.3 is 6.09 Å². The molecular formula is C20H22ClN3O3S. The molecule has 4 rings (SSSR count). The number of likely N-dealkylation sites (N-methyl/N-ethyl adjacent to an activating group) is 1. The van der Waals surface area contributed by atoms with E-state index in [0.29, 0.717) is 34.5 Å². The number of thiophene rings is 1. The summed E-state index contributed by atoms with van der Waals surface area (Å²) in [7, 11) is 2.09. The van der Waals surface area contributed by atoms with E-state index < -0.39 is 6.09 Å². The van der Waals surface area contributed by atoms with Crippen molar-refractivity contribution in [2.45, 2.75) is 25.4 Å². The fraction of sp³-hybridized carbons (Fsp3) is 0.400. The monoisotopic (exact) mass is 419 g/mol. The van der Waals surface area contributed by atoms with Crippen molar-refractivity contribution in [3.8, 4) is 5.06 Å². The Morgan fingerprint density at radius 2 is 2.07 bits per heavy atom. The fourth-order valence-corrected chi connectivity index (χ4v) is 4.59. The minimum Gasteiger partial charge on any atom is -0.399 e. The van der Waals surface area contributed by atoms with E-state index in [2.05, 4.69) is 23.3 Å². The Morgan fingerprint density at radius 3 is 2.86 bits per heavy atom. The van der Waals surface area contributed by atoms with Gasteiger partial charge in [0, 0.05) is 31.7 Å². The molecule has 2 aliphatic rings. The zero-order chi connectivity index (χ0) is 19.7. The van der Waals surface area contributed by atoms with Gasteiger partial charge in [0.15, 0.2) is 5.06 Å². The molecule has 8 heteroatoms. The maximum Gasteiger partial charge on any atom is 0.413 e. The number of benzene rings is 1. The van der Waals surface area contributed by atoms with Crippen LogP contribution in [0.1, 0.15) is 27.9 Å². The largest absolute Gasteiger partial charge is 0.413 e. The Bertz CT molecular complexity index is 901. The molecule has 1 fully saturated rings. The third-order valence-corrected chi connectivity index (χ3v) is 6.30. The van der Waals surface area contributed by atoms with Crippen molar-refractivity contribution in [3.05, 3.63) is 51.4 Å². The number of amides is 2. The van der Waals surface area contributed by atoms with Gasteiger partial charge in [0.25, 0.3) is 5.91 Å². The summed E-state index contributed by atoms with van der Waals surface area (Å²) in [5.74, 6) is 0.0127. The Balaban J connectivity index is 1.34. The summed E-state index contributed by atoms with van der Waals surface area (Å²) in [6, 6.07) is 9.23. The van der Waals surface area contributed by atoms with Crippen molar-refractivity contribution < 1.29 is 14.3 Å². The third-order valence-electron chi connectivity index (χ3n) is 5.20. The smallest absolute Gasteiger partial charge is 0.399 e. The summed E-state index contributed by atoms with van der Waals surface area (Å²) in [4.78, 5) is 29.0. The molecule has 0 aliphatic carbocycles. The van der Waals surface area contributed by atoms with Crippen LogP contribution in [0, 0.1) is 0 Å². The molecule has 0 saturated carbocycles. The summed E-state index contributed by atoms with van der Waals surface area (Å²) in [6.07, 6.45) is 1.21. The van der Waals surface area contributed by atoms with E-state index in [4.69, 9.17) is 16.3 Å². The maximum atomic E-state index is 12.9. The van der Waals surface area contributed by atoms with Gasteiger partial charge in [-0.05, 0) is 55.3 Å². The van der Waals surface area contributed by atoms with Gasteiger partial charge in [0.2, 0.25) is 0 Å². The molecule has 2 aliphatic heterocycles. The van der Waals surface area contributed by atoms with Crippen LogP contribution in [-0.4, -0.2) is 54.5 Å². The molecule has 1 saturated heterocycles. The minimum atomic E-state index is -0.519. The van der Waals surface area contributed by atoms with E-state index in [-0.39, 0.29) is 11.9 Å². The molecule has 1 aromatic carbocycles. The first-order valence-corrected chi connectivity index (χ1v) is 10.5. The lowest BCUT2D eigenvalue weighted by atomic mass is 9.97. The van der Waals surface area contributed by atoms with Gasteiger partial charge in [-0.2, -0.15) is 0 Å². The normalized spacial score (nSPS) is 19.4. The average molecular weight is 420 g/mol. The lowest BCUT2D eigenvalue weighted by molar-refractivity contribution is 0.0788. The quantitative estimate of drug-likeness (QED) is 0.828. The highest BCUT2D eigenvalue weighted by Crippen LogP contribution is 2.28. The highest BCUT2D eigenvalue weighted by molar-refractivity contribution is 7.17. The summed E-state index contributed by atoms with van der Waals surface area (Å²) in [5.41, 5.74) is 3.27. The number of nitrogens with zero attached hydrogens (tertiary/aromatic N) is 2. The second-order valence-electron chi connectivity index (χ2n) is 7.30. The number of likely N-dealkylation sites (tertiary alicyclic amines) is 1. The van der Waals surface area contributed by atoms with E-state index in [0.717, 1.165) is 19.5 Å². The van der Waals surface area contributed by atoms with Crippen molar-refractivity contribution >= 4 is 34.9 Å². The number of halogens is 1. The average Bonchev–Trinajstić information content (AvgIpc) is 3.29. The predicted octanol–water partition coefficient (Wildman–Crippen LogP) is 3.39. The van der Waals surface area contributed by atoms with Crippen LogP contribution >= 0.6 is 22.9 Å². The zero-order valence-corrected chi connectivity index (χ0v) is 17.2. The zero-order valence-electron chi connectivity index (χ0n) is 15.6. The first-order chi connectivity index (χ1) is 13.5. The summed E-state index contributed by atoms with van der Waals surface area (Å²) >= 11 is 7.04. The van der Waals surface area contributed by atoms with Crippen molar-refractivity contribution in [2.75, 3.05) is 26.7 Å². The standard InChI is InChI=1S/C20H22ClN3O3S/c1-23-8-6-13-2-3-14(10-15(13)11-23)19(25)24-9-7-16(12-24)22-20(26)27-18-5-4-17(21)28-18/h2-5,10,16H,6-9,11-12H2,1H3,(H,22,26). The molecule has 148 valence electrons. The fourth-order valence-electron chi connectivity index (χ4n) is 3.72. The number of rotatable bonds is 3. The van der Waals surface area contributed by atoms with Crippen LogP contribution < -0.4 is 10.1 Å². The van der Waals surface area contributed by atoms with E-state index in [1.165, 1.54) is 22.5 Å². The van der Waals surface area contributed by atoms with Crippen LogP contribution in [-0.2, 0) is 13.0 Å².